The van der Waals surface area contributed by atoms with E-state index in [1.807, 2.05) is 0 Å². The Hall–Kier alpha value is -3.72. The van der Waals surface area contributed by atoms with E-state index in [1.54, 1.807) is 48.2 Å². The lowest BCUT2D eigenvalue weighted by Crippen LogP contribution is -2.48. The molecule has 178 valence electrons. The average Bonchev–Trinajstić information content (AvgIpc) is 2.84. The number of fused-ring (bicyclic) bond motifs is 1. The molecule has 0 bridgehead atoms. The van der Waals surface area contributed by atoms with Gasteiger partial charge in [-0.25, -0.2) is 0 Å². The molecule has 0 radical (unpaired) electrons. The van der Waals surface area contributed by atoms with Crippen molar-refractivity contribution >= 4 is 35.0 Å². The Morgan fingerprint density at radius 1 is 1.15 bits per heavy atom. The highest BCUT2D eigenvalue weighted by Crippen LogP contribution is 2.36. The molecule has 0 spiro atoms. The molecule has 2 heterocycles. The number of anilines is 2. The van der Waals surface area contributed by atoms with E-state index in [0.717, 1.165) is 19.6 Å². The van der Waals surface area contributed by atoms with Crippen molar-refractivity contribution in [2.24, 2.45) is 0 Å². The van der Waals surface area contributed by atoms with Crippen molar-refractivity contribution < 1.29 is 19.2 Å². The third-order valence-corrected chi connectivity index (χ3v) is 6.05. The number of likely N-dealkylation sites (tertiary alicyclic amines) is 1. The number of rotatable bonds is 7. The summed E-state index contributed by atoms with van der Waals surface area (Å²) < 4.78 is 5.78. The Morgan fingerprint density at radius 2 is 1.88 bits per heavy atom. The van der Waals surface area contributed by atoms with Crippen LogP contribution in [0.1, 0.15) is 31.7 Å². The molecule has 1 atom stereocenters. The lowest BCUT2D eigenvalue weighted by Gasteiger charge is -2.35. The van der Waals surface area contributed by atoms with Crippen LogP contribution in [0.2, 0.25) is 0 Å². The van der Waals surface area contributed by atoms with E-state index in [4.69, 9.17) is 4.74 Å². The Balaban J connectivity index is 1.44. The zero-order valence-corrected chi connectivity index (χ0v) is 19.1. The Bertz CT molecular complexity index is 1090. The molecule has 2 amide bonds. The number of carbonyl (C=O) groups excluding carboxylic acids is 2. The van der Waals surface area contributed by atoms with Crippen molar-refractivity contribution in [2.45, 2.75) is 32.3 Å². The molecule has 0 aromatic heterocycles. The Kier molecular flexibility index (Phi) is 7.22. The highest BCUT2D eigenvalue weighted by atomic mass is 16.6. The Morgan fingerprint density at radius 3 is 2.59 bits per heavy atom. The summed E-state index contributed by atoms with van der Waals surface area (Å²) in [7, 11) is 0. The van der Waals surface area contributed by atoms with Crippen molar-refractivity contribution in [3.05, 3.63) is 64.2 Å². The standard InChI is InChI=1S/C25H28N4O5/c1-18-25(31)28(16-15-27-13-3-2-4-14-27)22-17-20(8-11-23(22)34-18)26-24(30)12-7-19-5-9-21(10-6-19)29(32)33/h5-12,17-18H,2-4,13-16H2,1H3,(H,26,30)/b12-7+. The van der Waals surface area contributed by atoms with Gasteiger partial charge in [0.1, 0.15) is 5.75 Å². The first-order valence-corrected chi connectivity index (χ1v) is 11.5. The van der Waals surface area contributed by atoms with Gasteiger partial charge < -0.3 is 19.9 Å². The third kappa shape index (κ3) is 5.60. The van der Waals surface area contributed by atoms with Crippen LogP contribution in [0.5, 0.6) is 5.75 Å². The maximum absolute atomic E-state index is 12.9. The third-order valence-electron chi connectivity index (χ3n) is 6.05. The second-order valence-corrected chi connectivity index (χ2v) is 8.51. The molecule has 2 aromatic carbocycles. The zero-order valence-electron chi connectivity index (χ0n) is 19.1. The number of amides is 2. The van der Waals surface area contributed by atoms with Crippen LogP contribution in [0.25, 0.3) is 6.08 Å². The van der Waals surface area contributed by atoms with E-state index in [1.165, 1.54) is 37.5 Å². The first-order valence-electron chi connectivity index (χ1n) is 11.5. The maximum atomic E-state index is 12.9. The number of nitrogens with zero attached hydrogens (tertiary/aromatic N) is 3. The maximum Gasteiger partial charge on any atom is 0.269 e. The van der Waals surface area contributed by atoms with Gasteiger partial charge in [-0.05, 0) is 74.8 Å². The van der Waals surface area contributed by atoms with Crippen molar-refractivity contribution in [2.75, 3.05) is 36.4 Å². The van der Waals surface area contributed by atoms with Crippen LogP contribution >= 0.6 is 0 Å². The SMILES string of the molecule is CC1Oc2ccc(NC(=O)/C=C/c3ccc([N+](=O)[O-])cc3)cc2N(CCN2CCCCC2)C1=O. The van der Waals surface area contributed by atoms with E-state index in [0.29, 0.717) is 29.2 Å². The number of ether oxygens (including phenoxy) is 1. The van der Waals surface area contributed by atoms with Gasteiger partial charge in [-0.15, -0.1) is 0 Å². The van der Waals surface area contributed by atoms with Crippen LogP contribution in [0.3, 0.4) is 0 Å². The van der Waals surface area contributed by atoms with Crippen LogP contribution < -0.4 is 15.0 Å². The fraction of sp³-hybridized carbons (Fsp3) is 0.360. The highest BCUT2D eigenvalue weighted by Gasteiger charge is 2.32. The van der Waals surface area contributed by atoms with E-state index >= 15 is 0 Å². The fourth-order valence-electron chi connectivity index (χ4n) is 4.20. The number of nitrogens with one attached hydrogen (secondary N) is 1. The topological polar surface area (TPSA) is 105 Å². The number of hydrogen-bond acceptors (Lipinski definition) is 6. The average molecular weight is 465 g/mol. The zero-order chi connectivity index (χ0) is 24.1. The molecule has 1 saturated heterocycles. The quantitative estimate of drug-likeness (QED) is 0.379. The summed E-state index contributed by atoms with van der Waals surface area (Å²) in [6.07, 6.45) is 6.02. The predicted molar refractivity (Wildman–Crippen MR) is 130 cm³/mol. The highest BCUT2D eigenvalue weighted by molar-refractivity contribution is 6.04. The molecule has 1 N–H and O–H groups in total. The van der Waals surface area contributed by atoms with Gasteiger partial charge in [-0.2, -0.15) is 0 Å². The molecule has 2 aromatic rings. The molecule has 0 aliphatic carbocycles. The van der Waals surface area contributed by atoms with Crippen LogP contribution in [-0.2, 0) is 9.59 Å². The summed E-state index contributed by atoms with van der Waals surface area (Å²) in [6, 6.07) is 11.2. The summed E-state index contributed by atoms with van der Waals surface area (Å²) in [5.74, 6) is 0.172. The minimum atomic E-state index is -0.557. The van der Waals surface area contributed by atoms with Crippen molar-refractivity contribution in [3.63, 3.8) is 0 Å². The minimum Gasteiger partial charge on any atom is -0.479 e. The van der Waals surface area contributed by atoms with Gasteiger partial charge in [-0.1, -0.05) is 6.42 Å². The second kappa shape index (κ2) is 10.5. The molecular weight excluding hydrogens is 436 g/mol. The van der Waals surface area contributed by atoms with Crippen LogP contribution in [0, 0.1) is 10.1 Å². The first-order chi connectivity index (χ1) is 16.4. The lowest BCUT2D eigenvalue weighted by molar-refractivity contribution is -0.384. The number of non-ortho nitro benzene ring substituents is 1. The molecule has 9 nitrogen and oxygen atoms in total. The van der Waals surface area contributed by atoms with E-state index in [-0.39, 0.29) is 17.5 Å². The smallest absolute Gasteiger partial charge is 0.269 e. The summed E-state index contributed by atoms with van der Waals surface area (Å²) in [5.41, 5.74) is 1.86. The van der Waals surface area contributed by atoms with Gasteiger partial charge in [0.25, 0.3) is 11.6 Å². The molecule has 9 heteroatoms. The lowest BCUT2D eigenvalue weighted by atomic mass is 10.1. The summed E-state index contributed by atoms with van der Waals surface area (Å²) in [6.45, 7) is 5.22. The summed E-state index contributed by atoms with van der Waals surface area (Å²) in [4.78, 5) is 39.7. The molecule has 4 rings (SSSR count). The van der Waals surface area contributed by atoms with Crippen molar-refractivity contribution in [1.29, 1.82) is 0 Å². The fourth-order valence-corrected chi connectivity index (χ4v) is 4.20. The largest absolute Gasteiger partial charge is 0.479 e. The Labute approximate surface area is 198 Å². The van der Waals surface area contributed by atoms with Gasteiger partial charge in [0.15, 0.2) is 6.10 Å². The molecular formula is C25H28N4O5. The van der Waals surface area contributed by atoms with Crippen molar-refractivity contribution in [3.8, 4) is 5.75 Å². The van der Waals surface area contributed by atoms with Crippen LogP contribution in [0.4, 0.5) is 17.1 Å². The van der Waals surface area contributed by atoms with Crippen LogP contribution in [-0.4, -0.2) is 53.9 Å². The number of nitro groups is 1. The van der Waals surface area contributed by atoms with Gasteiger partial charge >= 0.3 is 0 Å². The van der Waals surface area contributed by atoms with Gasteiger partial charge in [0.2, 0.25) is 5.91 Å². The number of carbonyl (C=O) groups is 2. The number of piperidine rings is 1. The number of hydrogen-bond donors (Lipinski definition) is 1. The summed E-state index contributed by atoms with van der Waals surface area (Å²) >= 11 is 0. The monoisotopic (exact) mass is 464 g/mol. The normalized spacial score (nSPS) is 18.4. The molecule has 0 saturated carbocycles. The number of nitro benzene ring substituents is 1. The van der Waals surface area contributed by atoms with E-state index in [2.05, 4.69) is 10.2 Å². The van der Waals surface area contributed by atoms with E-state index < -0.39 is 11.0 Å². The predicted octanol–water partition coefficient (Wildman–Crippen LogP) is 3.85. The second-order valence-electron chi connectivity index (χ2n) is 8.51. The van der Waals surface area contributed by atoms with E-state index in [9.17, 15) is 19.7 Å². The minimum absolute atomic E-state index is 0.00779. The number of benzene rings is 2. The van der Waals surface area contributed by atoms with Gasteiger partial charge in [0.05, 0.1) is 10.6 Å². The van der Waals surface area contributed by atoms with Crippen molar-refractivity contribution in [1.82, 2.24) is 4.90 Å². The van der Waals surface area contributed by atoms with Crippen LogP contribution in [0.15, 0.2) is 48.5 Å². The summed E-state index contributed by atoms with van der Waals surface area (Å²) in [5, 5.41) is 13.6. The molecule has 2 aliphatic heterocycles. The van der Waals surface area contributed by atoms with Gasteiger partial charge in [0, 0.05) is 37.0 Å². The molecule has 1 unspecified atom stereocenters. The molecule has 34 heavy (non-hydrogen) atoms. The molecule has 2 aliphatic rings. The van der Waals surface area contributed by atoms with Gasteiger partial charge in [-0.3, -0.25) is 19.7 Å². The first kappa shape index (κ1) is 23.4. The molecule has 1 fully saturated rings.